The Hall–Kier alpha value is -0.120. The van der Waals surface area contributed by atoms with Crippen molar-refractivity contribution < 1.29 is 4.74 Å². The number of hydrogen-bond donors (Lipinski definition) is 1. The van der Waals surface area contributed by atoms with Crippen LogP contribution in [0.1, 0.15) is 46.0 Å². The largest absolute Gasteiger partial charge is 0.383 e. The second-order valence-electron chi connectivity index (χ2n) is 5.43. The monoisotopic (exact) mass is 242 g/mol. The zero-order valence-electron chi connectivity index (χ0n) is 12.0. The summed E-state index contributed by atoms with van der Waals surface area (Å²) < 4.78 is 5.24. The molecule has 0 heterocycles. The third-order valence-electron chi connectivity index (χ3n) is 4.06. The van der Waals surface area contributed by atoms with Gasteiger partial charge in [0, 0.05) is 25.2 Å². The minimum absolute atomic E-state index is 0.533. The lowest BCUT2D eigenvalue weighted by atomic mass is 9.89. The van der Waals surface area contributed by atoms with Crippen molar-refractivity contribution in [2.75, 3.05) is 27.3 Å². The van der Waals surface area contributed by atoms with Gasteiger partial charge in [-0.25, -0.2) is 0 Å². The molecule has 1 aliphatic rings. The Morgan fingerprint density at radius 1 is 1.29 bits per heavy atom. The van der Waals surface area contributed by atoms with Crippen LogP contribution in [0.15, 0.2) is 0 Å². The molecule has 0 saturated heterocycles. The molecule has 3 heteroatoms. The van der Waals surface area contributed by atoms with E-state index in [2.05, 4.69) is 31.1 Å². The Kier molecular flexibility index (Phi) is 7.09. The maximum absolute atomic E-state index is 5.24. The average Bonchev–Trinajstić information content (AvgIpc) is 2.36. The predicted octanol–water partition coefficient (Wildman–Crippen LogP) is 2.26. The summed E-state index contributed by atoms with van der Waals surface area (Å²) >= 11 is 0. The molecule has 0 aromatic carbocycles. The topological polar surface area (TPSA) is 24.5 Å². The minimum atomic E-state index is 0.533. The van der Waals surface area contributed by atoms with Crippen molar-refractivity contribution in [1.82, 2.24) is 10.2 Å². The molecule has 3 nitrogen and oxygen atoms in total. The maximum atomic E-state index is 5.24. The first-order valence-corrected chi connectivity index (χ1v) is 7.13. The van der Waals surface area contributed by atoms with Crippen molar-refractivity contribution in [3.63, 3.8) is 0 Å². The van der Waals surface area contributed by atoms with Gasteiger partial charge in [-0.1, -0.05) is 6.92 Å². The highest BCUT2D eigenvalue weighted by molar-refractivity contribution is 4.83. The first kappa shape index (κ1) is 14.9. The van der Waals surface area contributed by atoms with E-state index in [9.17, 15) is 0 Å². The van der Waals surface area contributed by atoms with Crippen LogP contribution in [0.4, 0.5) is 0 Å². The first-order valence-electron chi connectivity index (χ1n) is 7.13. The van der Waals surface area contributed by atoms with E-state index >= 15 is 0 Å². The normalized spacial score (nSPS) is 27.4. The van der Waals surface area contributed by atoms with Gasteiger partial charge in [0.05, 0.1) is 6.61 Å². The number of rotatable bonds is 7. The van der Waals surface area contributed by atoms with Gasteiger partial charge >= 0.3 is 0 Å². The molecule has 0 aromatic rings. The number of likely N-dealkylation sites (N-methyl/N-ethyl adjacent to an activating group) is 1. The average molecular weight is 242 g/mol. The highest BCUT2D eigenvalue weighted by Crippen LogP contribution is 2.23. The molecular weight excluding hydrogens is 212 g/mol. The van der Waals surface area contributed by atoms with Gasteiger partial charge in [0.15, 0.2) is 0 Å². The number of hydrogen-bond acceptors (Lipinski definition) is 3. The minimum Gasteiger partial charge on any atom is -0.383 e. The second-order valence-corrected chi connectivity index (χ2v) is 5.43. The summed E-state index contributed by atoms with van der Waals surface area (Å²) in [5.74, 6) is 0. The van der Waals surface area contributed by atoms with E-state index < -0.39 is 0 Å². The molecule has 0 spiro atoms. The molecule has 0 aliphatic heterocycles. The molecule has 0 bridgehead atoms. The maximum Gasteiger partial charge on any atom is 0.0615 e. The molecular formula is C14H30N2O. The van der Waals surface area contributed by atoms with Crippen molar-refractivity contribution in [2.45, 2.75) is 64.1 Å². The van der Waals surface area contributed by atoms with Gasteiger partial charge < -0.3 is 10.1 Å². The number of nitrogens with zero attached hydrogens (tertiary/aromatic N) is 1. The van der Waals surface area contributed by atoms with E-state index in [1.165, 1.54) is 38.6 Å². The molecule has 1 fully saturated rings. The molecule has 102 valence electrons. The van der Waals surface area contributed by atoms with Crippen LogP contribution in [0, 0.1) is 0 Å². The summed E-state index contributed by atoms with van der Waals surface area (Å²) in [4.78, 5) is 2.50. The van der Waals surface area contributed by atoms with Gasteiger partial charge in [-0.15, -0.1) is 0 Å². The standard InChI is InChI=1S/C14H30N2O/c1-5-10-15-13-6-8-14(9-7-13)16(3)12(2)11-17-4/h12-15H,5-11H2,1-4H3. The van der Waals surface area contributed by atoms with Crippen LogP contribution in [-0.2, 0) is 4.74 Å². The Morgan fingerprint density at radius 2 is 1.94 bits per heavy atom. The van der Waals surface area contributed by atoms with Gasteiger partial charge in [0.2, 0.25) is 0 Å². The quantitative estimate of drug-likeness (QED) is 0.741. The van der Waals surface area contributed by atoms with Crippen molar-refractivity contribution >= 4 is 0 Å². The van der Waals surface area contributed by atoms with Crippen molar-refractivity contribution in [1.29, 1.82) is 0 Å². The summed E-state index contributed by atoms with van der Waals surface area (Å²) in [7, 11) is 4.03. The van der Waals surface area contributed by atoms with Crippen molar-refractivity contribution in [2.24, 2.45) is 0 Å². The highest BCUT2D eigenvalue weighted by Gasteiger charge is 2.25. The van der Waals surface area contributed by atoms with Crippen LogP contribution in [0.25, 0.3) is 0 Å². The van der Waals surface area contributed by atoms with Gasteiger partial charge in [-0.2, -0.15) is 0 Å². The van der Waals surface area contributed by atoms with Gasteiger partial charge in [0.25, 0.3) is 0 Å². The van der Waals surface area contributed by atoms with Crippen LogP contribution in [-0.4, -0.2) is 50.3 Å². The summed E-state index contributed by atoms with van der Waals surface area (Å²) in [5, 5.41) is 3.64. The third kappa shape index (κ3) is 4.94. The molecule has 1 aliphatic carbocycles. The smallest absolute Gasteiger partial charge is 0.0615 e. The summed E-state index contributed by atoms with van der Waals surface area (Å²) in [6, 6.07) is 2.04. The molecule has 1 rings (SSSR count). The second kappa shape index (κ2) is 8.06. The summed E-state index contributed by atoms with van der Waals surface area (Å²) in [6.07, 6.45) is 6.55. The Bertz CT molecular complexity index is 191. The lowest BCUT2D eigenvalue weighted by molar-refractivity contribution is 0.0716. The van der Waals surface area contributed by atoms with E-state index in [0.717, 1.165) is 18.7 Å². The van der Waals surface area contributed by atoms with E-state index in [4.69, 9.17) is 4.74 Å². The van der Waals surface area contributed by atoms with Gasteiger partial charge in [-0.05, 0) is 52.6 Å². The van der Waals surface area contributed by atoms with E-state index in [1.54, 1.807) is 7.11 Å². The summed E-state index contributed by atoms with van der Waals surface area (Å²) in [5.41, 5.74) is 0. The number of methoxy groups -OCH3 is 1. The van der Waals surface area contributed by atoms with Crippen LogP contribution >= 0.6 is 0 Å². The Morgan fingerprint density at radius 3 is 2.47 bits per heavy atom. The van der Waals surface area contributed by atoms with Gasteiger partial charge in [0.1, 0.15) is 0 Å². The fraction of sp³-hybridized carbons (Fsp3) is 1.00. The molecule has 17 heavy (non-hydrogen) atoms. The Balaban J connectivity index is 2.25. The van der Waals surface area contributed by atoms with Crippen LogP contribution in [0.3, 0.4) is 0 Å². The SMILES string of the molecule is CCCNC1CCC(N(C)C(C)COC)CC1. The van der Waals surface area contributed by atoms with E-state index in [0.29, 0.717) is 6.04 Å². The van der Waals surface area contributed by atoms with E-state index in [-0.39, 0.29) is 0 Å². The highest BCUT2D eigenvalue weighted by atomic mass is 16.5. The zero-order valence-corrected chi connectivity index (χ0v) is 12.0. The lowest BCUT2D eigenvalue weighted by Gasteiger charge is -2.38. The fourth-order valence-corrected chi connectivity index (χ4v) is 2.75. The molecule has 0 radical (unpaired) electrons. The molecule has 0 amide bonds. The van der Waals surface area contributed by atoms with Crippen molar-refractivity contribution in [3.8, 4) is 0 Å². The number of nitrogens with one attached hydrogen (secondary N) is 1. The summed E-state index contributed by atoms with van der Waals surface area (Å²) in [6.45, 7) is 6.50. The van der Waals surface area contributed by atoms with Crippen LogP contribution in [0.2, 0.25) is 0 Å². The molecule has 0 aromatic heterocycles. The molecule has 1 saturated carbocycles. The predicted molar refractivity (Wildman–Crippen MR) is 73.4 cm³/mol. The van der Waals surface area contributed by atoms with Crippen LogP contribution in [0.5, 0.6) is 0 Å². The lowest BCUT2D eigenvalue weighted by Crippen LogP contribution is -2.45. The first-order chi connectivity index (χ1) is 8.19. The fourth-order valence-electron chi connectivity index (χ4n) is 2.75. The van der Waals surface area contributed by atoms with Crippen LogP contribution < -0.4 is 5.32 Å². The Labute approximate surface area is 107 Å². The molecule has 1 N–H and O–H groups in total. The molecule has 1 atom stereocenters. The van der Waals surface area contributed by atoms with Gasteiger partial charge in [-0.3, -0.25) is 4.90 Å². The number of ether oxygens (including phenoxy) is 1. The third-order valence-corrected chi connectivity index (χ3v) is 4.06. The zero-order chi connectivity index (χ0) is 12.7. The molecule has 1 unspecified atom stereocenters. The van der Waals surface area contributed by atoms with Crippen molar-refractivity contribution in [3.05, 3.63) is 0 Å². The van der Waals surface area contributed by atoms with E-state index in [1.807, 2.05) is 0 Å².